The SMILES string of the molecule is O=C(COc1ccc2c(-c3ccccc3)cc(=O)oc2c1)NCC[NH+]1CCOCC1. The molecular weight excluding hydrogens is 384 g/mol. The van der Waals surface area contributed by atoms with Crippen LogP contribution in [0.25, 0.3) is 22.1 Å². The summed E-state index contributed by atoms with van der Waals surface area (Å²) in [6.45, 7) is 4.88. The first-order valence-electron chi connectivity index (χ1n) is 10.1. The molecule has 156 valence electrons. The lowest BCUT2D eigenvalue weighted by Crippen LogP contribution is -3.14. The second-order valence-corrected chi connectivity index (χ2v) is 7.25. The number of carbonyl (C=O) groups is 1. The highest BCUT2D eigenvalue weighted by Crippen LogP contribution is 2.29. The van der Waals surface area contributed by atoms with E-state index in [1.165, 1.54) is 11.0 Å². The number of nitrogens with one attached hydrogen (secondary N) is 2. The molecule has 1 amide bonds. The third-order valence-corrected chi connectivity index (χ3v) is 5.17. The normalized spacial score (nSPS) is 14.5. The van der Waals surface area contributed by atoms with Crippen molar-refractivity contribution in [3.05, 3.63) is 65.0 Å². The Morgan fingerprint density at radius 3 is 2.67 bits per heavy atom. The van der Waals surface area contributed by atoms with Crippen molar-refractivity contribution in [2.45, 2.75) is 0 Å². The summed E-state index contributed by atoms with van der Waals surface area (Å²) in [5, 5.41) is 3.69. The van der Waals surface area contributed by atoms with Gasteiger partial charge in [0.1, 0.15) is 24.4 Å². The van der Waals surface area contributed by atoms with Gasteiger partial charge in [0, 0.05) is 17.5 Å². The fraction of sp³-hybridized carbons (Fsp3) is 0.304. The van der Waals surface area contributed by atoms with Gasteiger partial charge in [0.25, 0.3) is 5.91 Å². The van der Waals surface area contributed by atoms with Crippen molar-refractivity contribution in [1.82, 2.24) is 5.32 Å². The molecule has 0 aliphatic carbocycles. The summed E-state index contributed by atoms with van der Waals surface area (Å²) in [5.41, 5.74) is 1.74. The van der Waals surface area contributed by atoms with Crippen molar-refractivity contribution in [2.75, 3.05) is 46.0 Å². The number of quaternary nitrogens is 1. The molecule has 0 unspecified atom stereocenters. The summed E-state index contributed by atoms with van der Waals surface area (Å²) >= 11 is 0. The minimum Gasteiger partial charge on any atom is -0.484 e. The van der Waals surface area contributed by atoms with E-state index in [1.807, 2.05) is 36.4 Å². The Kier molecular flexibility index (Phi) is 6.41. The number of carbonyl (C=O) groups excluding carboxylic acids is 1. The van der Waals surface area contributed by atoms with Gasteiger partial charge in [-0.1, -0.05) is 30.3 Å². The molecular formula is C23H25N2O5+. The van der Waals surface area contributed by atoms with Crippen molar-refractivity contribution < 1.29 is 23.6 Å². The van der Waals surface area contributed by atoms with Gasteiger partial charge in [-0.25, -0.2) is 4.79 Å². The van der Waals surface area contributed by atoms with Gasteiger partial charge >= 0.3 is 5.63 Å². The van der Waals surface area contributed by atoms with Gasteiger partial charge in [-0.3, -0.25) is 4.79 Å². The number of hydrogen-bond acceptors (Lipinski definition) is 5. The highest BCUT2D eigenvalue weighted by molar-refractivity contribution is 5.93. The van der Waals surface area contributed by atoms with Crippen LogP contribution in [0.15, 0.2) is 63.8 Å². The van der Waals surface area contributed by atoms with Crippen LogP contribution in [0, 0.1) is 0 Å². The first-order chi connectivity index (χ1) is 14.7. The number of fused-ring (bicyclic) bond motifs is 1. The maximum atomic E-state index is 12.1. The Morgan fingerprint density at radius 2 is 1.87 bits per heavy atom. The summed E-state index contributed by atoms with van der Waals surface area (Å²) in [6.07, 6.45) is 0. The van der Waals surface area contributed by atoms with Crippen LogP contribution in [0.2, 0.25) is 0 Å². The van der Waals surface area contributed by atoms with Crippen molar-refractivity contribution in [2.24, 2.45) is 0 Å². The monoisotopic (exact) mass is 409 g/mol. The molecule has 0 saturated carbocycles. The van der Waals surface area contributed by atoms with Crippen LogP contribution in [0.3, 0.4) is 0 Å². The van der Waals surface area contributed by atoms with E-state index in [9.17, 15) is 9.59 Å². The summed E-state index contributed by atoms with van der Waals surface area (Å²) in [5.74, 6) is 0.298. The van der Waals surface area contributed by atoms with E-state index in [-0.39, 0.29) is 12.5 Å². The summed E-state index contributed by atoms with van der Waals surface area (Å²) in [7, 11) is 0. The highest BCUT2D eigenvalue weighted by atomic mass is 16.5. The molecule has 3 aromatic rings. The van der Waals surface area contributed by atoms with Crippen molar-refractivity contribution in [3.63, 3.8) is 0 Å². The lowest BCUT2D eigenvalue weighted by atomic mass is 10.0. The smallest absolute Gasteiger partial charge is 0.336 e. The van der Waals surface area contributed by atoms with Crippen LogP contribution in [-0.2, 0) is 9.53 Å². The number of morpholine rings is 1. The maximum Gasteiger partial charge on any atom is 0.336 e. The number of ether oxygens (including phenoxy) is 2. The standard InChI is InChI=1S/C23H24N2O5/c26-22(24-8-9-25-10-12-28-13-11-25)16-29-18-6-7-19-20(17-4-2-1-3-5-17)15-23(27)30-21(19)14-18/h1-7,14-15H,8-13,16H2,(H,24,26)/p+1. The van der Waals surface area contributed by atoms with E-state index in [2.05, 4.69) is 5.32 Å². The summed E-state index contributed by atoms with van der Waals surface area (Å²) in [6, 6.07) is 16.4. The third kappa shape index (κ3) is 5.06. The van der Waals surface area contributed by atoms with Crippen molar-refractivity contribution in [3.8, 4) is 16.9 Å². The van der Waals surface area contributed by atoms with Crippen LogP contribution in [-0.4, -0.2) is 51.9 Å². The Bertz CT molecular complexity index is 1060. The first-order valence-corrected chi connectivity index (χ1v) is 10.1. The zero-order valence-electron chi connectivity index (χ0n) is 16.7. The highest BCUT2D eigenvalue weighted by Gasteiger charge is 2.14. The van der Waals surface area contributed by atoms with Crippen molar-refractivity contribution >= 4 is 16.9 Å². The van der Waals surface area contributed by atoms with Gasteiger partial charge in [-0.2, -0.15) is 0 Å². The molecule has 1 saturated heterocycles. The number of benzene rings is 2. The molecule has 4 rings (SSSR count). The molecule has 30 heavy (non-hydrogen) atoms. The van der Waals surface area contributed by atoms with Crippen LogP contribution in [0.1, 0.15) is 0 Å². The van der Waals surface area contributed by atoms with Gasteiger partial charge in [0.05, 0.1) is 26.3 Å². The number of amides is 1. The largest absolute Gasteiger partial charge is 0.484 e. The summed E-state index contributed by atoms with van der Waals surface area (Å²) < 4.78 is 16.3. The van der Waals surface area contributed by atoms with Crippen LogP contribution < -0.4 is 20.6 Å². The Hall–Kier alpha value is -3.16. The Balaban J connectivity index is 1.38. The van der Waals surface area contributed by atoms with Gasteiger partial charge < -0.3 is 24.1 Å². The molecule has 2 aromatic carbocycles. The maximum absolute atomic E-state index is 12.1. The van der Waals surface area contributed by atoms with Gasteiger partial charge in [0.2, 0.25) is 0 Å². The first kappa shape index (κ1) is 20.1. The van der Waals surface area contributed by atoms with Gasteiger partial charge in [0.15, 0.2) is 6.61 Å². The molecule has 1 aromatic heterocycles. The fourth-order valence-electron chi connectivity index (χ4n) is 3.58. The minimum atomic E-state index is -0.429. The summed E-state index contributed by atoms with van der Waals surface area (Å²) in [4.78, 5) is 25.5. The zero-order chi connectivity index (χ0) is 20.8. The van der Waals surface area contributed by atoms with E-state index < -0.39 is 5.63 Å². The molecule has 0 bridgehead atoms. The second-order valence-electron chi connectivity index (χ2n) is 7.25. The lowest BCUT2D eigenvalue weighted by molar-refractivity contribution is -0.906. The molecule has 7 nitrogen and oxygen atoms in total. The predicted octanol–water partition coefficient (Wildman–Crippen LogP) is 0.870. The molecule has 2 N–H and O–H groups in total. The van der Waals surface area contributed by atoms with Gasteiger partial charge in [-0.15, -0.1) is 0 Å². The molecule has 0 radical (unpaired) electrons. The Morgan fingerprint density at radius 1 is 1.07 bits per heavy atom. The minimum absolute atomic E-state index is 0.0907. The van der Waals surface area contributed by atoms with E-state index >= 15 is 0 Å². The number of rotatable bonds is 7. The van der Waals surface area contributed by atoms with Crippen LogP contribution in [0.4, 0.5) is 0 Å². The average molecular weight is 409 g/mol. The molecule has 1 aliphatic rings. The quantitative estimate of drug-likeness (QED) is 0.566. The number of hydrogen-bond donors (Lipinski definition) is 2. The Labute approximate surface area is 174 Å². The van der Waals surface area contributed by atoms with E-state index in [4.69, 9.17) is 13.9 Å². The topological polar surface area (TPSA) is 82.2 Å². The molecule has 1 fully saturated rings. The predicted molar refractivity (Wildman–Crippen MR) is 113 cm³/mol. The molecule has 7 heteroatoms. The lowest BCUT2D eigenvalue weighted by Gasteiger charge is -2.23. The van der Waals surface area contributed by atoms with E-state index in [1.54, 1.807) is 12.1 Å². The molecule has 2 heterocycles. The third-order valence-electron chi connectivity index (χ3n) is 5.17. The second kappa shape index (κ2) is 9.56. The fourth-order valence-corrected chi connectivity index (χ4v) is 3.58. The van der Waals surface area contributed by atoms with Crippen LogP contribution >= 0.6 is 0 Å². The molecule has 0 atom stereocenters. The zero-order valence-corrected chi connectivity index (χ0v) is 16.7. The van der Waals surface area contributed by atoms with Crippen LogP contribution in [0.5, 0.6) is 5.75 Å². The van der Waals surface area contributed by atoms with E-state index in [0.29, 0.717) is 17.9 Å². The average Bonchev–Trinajstić information content (AvgIpc) is 2.78. The van der Waals surface area contributed by atoms with E-state index in [0.717, 1.165) is 49.4 Å². The molecule has 1 aliphatic heterocycles. The molecule has 0 spiro atoms. The van der Waals surface area contributed by atoms with Gasteiger partial charge in [-0.05, 0) is 23.3 Å². The van der Waals surface area contributed by atoms with Crippen molar-refractivity contribution in [1.29, 1.82) is 0 Å².